The first kappa shape index (κ1) is 12.8. The summed E-state index contributed by atoms with van der Waals surface area (Å²) >= 11 is 6.06. The monoisotopic (exact) mass is 304 g/mol. The number of hydroxylamine groups is 2. The van der Waals surface area contributed by atoms with Crippen molar-refractivity contribution in [1.82, 2.24) is 5.06 Å². The van der Waals surface area contributed by atoms with Crippen molar-refractivity contribution in [2.45, 2.75) is 5.72 Å². The number of rotatable bonds is 1. The van der Waals surface area contributed by atoms with Crippen LogP contribution in [-0.4, -0.2) is 17.5 Å². The molecule has 4 nitrogen and oxygen atoms in total. The zero-order valence-corrected chi connectivity index (χ0v) is 11.5. The van der Waals surface area contributed by atoms with Crippen LogP contribution in [0.25, 0.3) is 0 Å². The van der Waals surface area contributed by atoms with E-state index in [1.54, 1.807) is 36.4 Å². The van der Waals surface area contributed by atoms with Crippen LogP contribution < -0.4 is 5.32 Å². The van der Waals surface area contributed by atoms with Crippen molar-refractivity contribution in [3.63, 3.8) is 0 Å². The van der Waals surface area contributed by atoms with E-state index in [0.717, 1.165) is 0 Å². The summed E-state index contributed by atoms with van der Waals surface area (Å²) in [6, 6.07) is 11.4. The number of hydrogen-bond acceptors (Lipinski definition) is 3. The Labute approximate surface area is 125 Å². The predicted octanol–water partition coefficient (Wildman–Crippen LogP) is 2.88. The van der Waals surface area contributed by atoms with Crippen LogP contribution in [0.4, 0.5) is 10.1 Å². The van der Waals surface area contributed by atoms with E-state index in [4.69, 9.17) is 16.4 Å². The molecular weight excluding hydrogens is 295 g/mol. The second kappa shape index (κ2) is 4.27. The summed E-state index contributed by atoms with van der Waals surface area (Å²) in [7, 11) is 0. The Kier molecular flexibility index (Phi) is 2.60. The highest BCUT2D eigenvalue weighted by Crippen LogP contribution is 2.54. The van der Waals surface area contributed by atoms with Crippen LogP contribution in [0.2, 0.25) is 5.02 Å². The van der Waals surface area contributed by atoms with Gasteiger partial charge in [0.15, 0.2) is 0 Å². The fraction of sp³-hybridized carbons (Fsp3) is 0.133. The van der Waals surface area contributed by atoms with E-state index in [-0.39, 0.29) is 18.3 Å². The highest BCUT2D eigenvalue weighted by Gasteiger charge is 2.62. The second-order valence-electron chi connectivity index (χ2n) is 4.99. The van der Waals surface area contributed by atoms with Gasteiger partial charge in [-0.15, -0.1) is 5.06 Å². The average molecular weight is 305 g/mol. The minimum absolute atomic E-state index is 0.0284. The Morgan fingerprint density at radius 2 is 2.05 bits per heavy atom. The Bertz CT molecular complexity index is 767. The van der Waals surface area contributed by atoms with Gasteiger partial charge in [0.2, 0.25) is 11.6 Å². The maximum Gasteiger partial charge on any atom is 0.241 e. The van der Waals surface area contributed by atoms with Crippen LogP contribution >= 0.6 is 11.6 Å². The maximum absolute atomic E-state index is 14.2. The largest absolute Gasteiger partial charge is 0.324 e. The van der Waals surface area contributed by atoms with Gasteiger partial charge in [-0.05, 0) is 24.3 Å². The van der Waals surface area contributed by atoms with Gasteiger partial charge in [-0.25, -0.2) is 4.39 Å². The summed E-state index contributed by atoms with van der Waals surface area (Å²) in [6.07, 6.45) is 0. The molecule has 1 amide bonds. The number of hydrogen-bond donors (Lipinski definition) is 1. The molecule has 2 aromatic rings. The molecular formula is C15H10ClFN2O2. The van der Waals surface area contributed by atoms with Gasteiger partial charge in [-0.1, -0.05) is 29.8 Å². The number of amides is 1. The molecule has 0 aromatic heterocycles. The normalized spacial score (nSPS) is 26.4. The molecule has 1 N–H and O–H groups in total. The van der Waals surface area contributed by atoms with E-state index in [9.17, 15) is 9.18 Å². The lowest BCUT2D eigenvalue weighted by molar-refractivity contribution is -0.117. The third-order valence-electron chi connectivity index (χ3n) is 3.71. The van der Waals surface area contributed by atoms with Gasteiger partial charge >= 0.3 is 0 Å². The Balaban J connectivity index is 1.97. The molecule has 2 atom stereocenters. The van der Waals surface area contributed by atoms with Crippen molar-refractivity contribution >= 4 is 23.2 Å². The topological polar surface area (TPSA) is 44.6 Å². The average Bonchev–Trinajstić information content (AvgIpc) is 3.16. The molecule has 1 saturated heterocycles. The zero-order chi connectivity index (χ0) is 14.6. The molecule has 2 heterocycles. The van der Waals surface area contributed by atoms with Gasteiger partial charge in [0.05, 0.1) is 0 Å². The summed E-state index contributed by atoms with van der Waals surface area (Å²) in [6.45, 7) is 0.0284. The van der Waals surface area contributed by atoms with Crippen LogP contribution in [0, 0.1) is 5.82 Å². The number of benzene rings is 2. The predicted molar refractivity (Wildman–Crippen MR) is 75.1 cm³/mol. The van der Waals surface area contributed by atoms with Gasteiger partial charge in [0, 0.05) is 21.8 Å². The van der Waals surface area contributed by atoms with Crippen molar-refractivity contribution in [3.05, 3.63) is 64.4 Å². The quantitative estimate of drug-likeness (QED) is 0.824. The van der Waals surface area contributed by atoms with Crippen molar-refractivity contribution in [1.29, 1.82) is 0 Å². The standard InChI is InChI=1S/C15H10ClFN2O2/c16-9-5-6-13-11(7-9)15(10-3-1-2-4-12(10)17)19(21-15)8-14(20)18-13/h1-7H,8H2,(H,18,20). The zero-order valence-electron chi connectivity index (χ0n) is 10.8. The summed E-state index contributed by atoms with van der Waals surface area (Å²) < 4.78 is 14.2. The number of carbonyl (C=O) groups is 1. The molecule has 2 aromatic carbocycles. The van der Waals surface area contributed by atoms with E-state index in [1.807, 2.05) is 0 Å². The van der Waals surface area contributed by atoms with Gasteiger partial charge in [0.1, 0.15) is 12.4 Å². The minimum Gasteiger partial charge on any atom is -0.324 e. The molecule has 2 aliphatic heterocycles. The van der Waals surface area contributed by atoms with E-state index in [1.165, 1.54) is 11.1 Å². The molecule has 0 bridgehead atoms. The first-order valence-electron chi connectivity index (χ1n) is 6.43. The minimum atomic E-state index is -1.09. The van der Waals surface area contributed by atoms with Crippen LogP contribution in [0.1, 0.15) is 11.1 Å². The molecule has 1 fully saturated rings. The Morgan fingerprint density at radius 3 is 2.86 bits per heavy atom. The summed E-state index contributed by atoms with van der Waals surface area (Å²) in [5.74, 6) is -0.602. The van der Waals surface area contributed by atoms with Crippen molar-refractivity contribution in [2.75, 3.05) is 11.9 Å². The highest BCUT2D eigenvalue weighted by atomic mass is 35.5. The molecule has 0 radical (unpaired) electrons. The number of nitrogens with zero attached hydrogens (tertiary/aromatic N) is 1. The van der Waals surface area contributed by atoms with Crippen molar-refractivity contribution in [2.24, 2.45) is 0 Å². The lowest BCUT2D eigenvalue weighted by Crippen LogP contribution is -2.22. The van der Waals surface area contributed by atoms with Crippen LogP contribution in [0.15, 0.2) is 42.5 Å². The summed E-state index contributed by atoms with van der Waals surface area (Å²) in [4.78, 5) is 17.5. The molecule has 6 heteroatoms. The molecule has 4 rings (SSSR count). The van der Waals surface area contributed by atoms with Gasteiger partial charge < -0.3 is 5.32 Å². The van der Waals surface area contributed by atoms with Crippen LogP contribution in [0.5, 0.6) is 0 Å². The number of fused-ring (bicyclic) bond motifs is 3. The van der Waals surface area contributed by atoms with E-state index in [0.29, 0.717) is 21.8 Å². The number of carbonyl (C=O) groups excluding carboxylic acids is 1. The summed E-state index contributed by atoms with van der Waals surface area (Å²) in [5.41, 5.74) is 0.480. The SMILES string of the molecule is O=C1CN2OC2(c2ccccc2F)c2cc(Cl)ccc2N1. The maximum atomic E-state index is 14.2. The fourth-order valence-corrected chi connectivity index (χ4v) is 2.93. The fourth-order valence-electron chi connectivity index (χ4n) is 2.76. The molecule has 2 unspecified atom stereocenters. The lowest BCUT2D eigenvalue weighted by Gasteiger charge is -2.15. The molecule has 2 aliphatic rings. The van der Waals surface area contributed by atoms with E-state index >= 15 is 0 Å². The number of halogens is 2. The molecule has 106 valence electrons. The molecule has 21 heavy (non-hydrogen) atoms. The van der Waals surface area contributed by atoms with Crippen LogP contribution in [0.3, 0.4) is 0 Å². The van der Waals surface area contributed by atoms with E-state index in [2.05, 4.69) is 5.32 Å². The smallest absolute Gasteiger partial charge is 0.241 e. The number of anilines is 1. The highest BCUT2D eigenvalue weighted by molar-refractivity contribution is 6.30. The molecule has 0 saturated carbocycles. The van der Waals surface area contributed by atoms with Gasteiger partial charge in [-0.2, -0.15) is 0 Å². The third-order valence-corrected chi connectivity index (χ3v) is 3.94. The molecule has 0 spiro atoms. The molecule has 0 aliphatic carbocycles. The first-order chi connectivity index (χ1) is 10.1. The Morgan fingerprint density at radius 1 is 1.24 bits per heavy atom. The van der Waals surface area contributed by atoms with Crippen molar-refractivity contribution in [3.8, 4) is 0 Å². The third kappa shape index (κ3) is 1.78. The Hall–Kier alpha value is -1.95. The number of nitrogens with one attached hydrogen (secondary N) is 1. The lowest BCUT2D eigenvalue weighted by atomic mass is 9.95. The van der Waals surface area contributed by atoms with Gasteiger partial charge in [0.25, 0.3) is 0 Å². The van der Waals surface area contributed by atoms with Gasteiger partial charge in [-0.3, -0.25) is 9.63 Å². The van der Waals surface area contributed by atoms with Crippen LogP contribution in [-0.2, 0) is 15.4 Å². The first-order valence-corrected chi connectivity index (χ1v) is 6.81. The van der Waals surface area contributed by atoms with E-state index < -0.39 is 5.72 Å². The summed E-state index contributed by atoms with van der Waals surface area (Å²) in [5, 5.41) is 4.74. The van der Waals surface area contributed by atoms with Crippen molar-refractivity contribution < 1.29 is 14.0 Å². The second-order valence-corrected chi connectivity index (χ2v) is 5.43.